The molecule has 0 saturated heterocycles. The van der Waals surface area contributed by atoms with Crippen molar-refractivity contribution in [3.8, 4) is 0 Å². The molecule has 0 aliphatic heterocycles. The van der Waals surface area contributed by atoms with Crippen LogP contribution in [0.15, 0.2) is 35.5 Å². The van der Waals surface area contributed by atoms with E-state index in [1.807, 2.05) is 6.07 Å². The van der Waals surface area contributed by atoms with E-state index in [1.54, 1.807) is 11.8 Å². The van der Waals surface area contributed by atoms with Gasteiger partial charge in [0.05, 0.1) is 0 Å². The Hall–Kier alpha value is -1.35. The predicted molar refractivity (Wildman–Crippen MR) is 79.4 cm³/mol. The van der Waals surface area contributed by atoms with E-state index in [0.717, 1.165) is 23.8 Å². The van der Waals surface area contributed by atoms with E-state index in [-0.39, 0.29) is 0 Å². The maximum atomic E-state index is 4.74. The molecule has 0 atom stereocenters. The summed E-state index contributed by atoms with van der Waals surface area (Å²) >= 11 is 1.74. The van der Waals surface area contributed by atoms with Gasteiger partial charge in [0, 0.05) is 17.1 Å². The molecule has 2 aromatic rings. The largest absolute Gasteiger partial charge is 0.228 e. The molecule has 0 radical (unpaired) electrons. The summed E-state index contributed by atoms with van der Waals surface area (Å²) in [6, 6.07) is 10.5. The smallest absolute Gasteiger partial charge is 0.188 e. The standard InChI is InChI=1S/C16H18N2S/c1-12-14-9-5-6-10-15(14)18-16(17-12)19-11-13-7-3-2-4-8-13/h2-4,7-8H,5-6,9-11H2,1H3. The zero-order valence-corrected chi connectivity index (χ0v) is 12.0. The highest BCUT2D eigenvalue weighted by Crippen LogP contribution is 2.26. The van der Waals surface area contributed by atoms with Crippen LogP contribution in [0.1, 0.15) is 35.4 Å². The molecule has 0 saturated carbocycles. The second-order valence-corrected chi connectivity index (χ2v) is 5.94. The fraction of sp³-hybridized carbons (Fsp3) is 0.375. The van der Waals surface area contributed by atoms with Crippen LogP contribution in [0.4, 0.5) is 0 Å². The van der Waals surface area contributed by atoms with Gasteiger partial charge in [0.25, 0.3) is 0 Å². The van der Waals surface area contributed by atoms with Gasteiger partial charge in [0.2, 0.25) is 0 Å². The lowest BCUT2D eigenvalue weighted by Gasteiger charge is -2.17. The molecular formula is C16H18N2S. The van der Waals surface area contributed by atoms with Gasteiger partial charge in [-0.3, -0.25) is 0 Å². The van der Waals surface area contributed by atoms with E-state index < -0.39 is 0 Å². The van der Waals surface area contributed by atoms with Gasteiger partial charge in [-0.05, 0) is 43.7 Å². The van der Waals surface area contributed by atoms with Crippen LogP contribution < -0.4 is 0 Å². The van der Waals surface area contributed by atoms with Crippen molar-refractivity contribution in [1.82, 2.24) is 9.97 Å². The third-order valence-corrected chi connectivity index (χ3v) is 4.50. The minimum absolute atomic E-state index is 0.932. The summed E-state index contributed by atoms with van der Waals surface area (Å²) in [6.45, 7) is 2.12. The third-order valence-electron chi connectivity index (χ3n) is 3.58. The summed E-state index contributed by atoms with van der Waals surface area (Å²) in [5.74, 6) is 0.944. The van der Waals surface area contributed by atoms with E-state index in [9.17, 15) is 0 Å². The molecule has 1 heterocycles. The van der Waals surface area contributed by atoms with Gasteiger partial charge in [0.15, 0.2) is 5.16 Å². The number of nitrogens with zero attached hydrogens (tertiary/aromatic N) is 2. The summed E-state index contributed by atoms with van der Waals surface area (Å²) in [4.78, 5) is 9.39. The number of hydrogen-bond acceptors (Lipinski definition) is 3. The second kappa shape index (κ2) is 5.74. The first kappa shape index (κ1) is 12.7. The van der Waals surface area contributed by atoms with Crippen LogP contribution in [0, 0.1) is 6.92 Å². The second-order valence-electron chi connectivity index (χ2n) is 5.00. The Bertz CT molecular complexity index is 566. The molecule has 1 aromatic heterocycles. The topological polar surface area (TPSA) is 25.8 Å². The van der Waals surface area contributed by atoms with Crippen LogP contribution in [0.2, 0.25) is 0 Å². The lowest BCUT2D eigenvalue weighted by Crippen LogP contribution is -2.10. The molecule has 1 aliphatic rings. The van der Waals surface area contributed by atoms with E-state index in [2.05, 4.69) is 36.2 Å². The summed E-state index contributed by atoms with van der Waals surface area (Å²) in [7, 11) is 0. The minimum Gasteiger partial charge on any atom is -0.228 e. The van der Waals surface area contributed by atoms with Gasteiger partial charge >= 0.3 is 0 Å². The normalized spacial score (nSPS) is 14.2. The minimum atomic E-state index is 0.932. The Kier molecular flexibility index (Phi) is 3.83. The van der Waals surface area contributed by atoms with Crippen molar-refractivity contribution in [2.75, 3.05) is 0 Å². The first-order valence-corrected chi connectivity index (χ1v) is 7.84. The van der Waals surface area contributed by atoms with Crippen molar-refractivity contribution in [2.45, 2.75) is 43.5 Å². The van der Waals surface area contributed by atoms with Crippen molar-refractivity contribution in [3.05, 3.63) is 52.8 Å². The Morgan fingerprint density at radius 2 is 1.84 bits per heavy atom. The SMILES string of the molecule is Cc1nc(SCc2ccccc2)nc2c1CCCC2. The number of hydrogen-bond donors (Lipinski definition) is 0. The molecule has 0 spiro atoms. The number of benzene rings is 1. The summed E-state index contributed by atoms with van der Waals surface area (Å²) in [6.07, 6.45) is 4.84. The summed E-state index contributed by atoms with van der Waals surface area (Å²) in [5.41, 5.74) is 5.19. The van der Waals surface area contributed by atoms with E-state index in [4.69, 9.17) is 4.98 Å². The maximum Gasteiger partial charge on any atom is 0.188 e. The molecule has 1 aliphatic carbocycles. The average molecular weight is 270 g/mol. The van der Waals surface area contributed by atoms with Crippen LogP contribution >= 0.6 is 11.8 Å². The van der Waals surface area contributed by atoms with Crippen molar-refractivity contribution in [2.24, 2.45) is 0 Å². The first-order valence-electron chi connectivity index (χ1n) is 6.86. The average Bonchev–Trinajstić information content (AvgIpc) is 2.46. The fourth-order valence-electron chi connectivity index (χ4n) is 2.54. The highest BCUT2D eigenvalue weighted by atomic mass is 32.2. The number of rotatable bonds is 3. The van der Waals surface area contributed by atoms with Crippen molar-refractivity contribution < 1.29 is 0 Å². The third kappa shape index (κ3) is 2.98. The van der Waals surface area contributed by atoms with Crippen LogP contribution in [0.5, 0.6) is 0 Å². The zero-order chi connectivity index (χ0) is 13.1. The predicted octanol–water partition coefficient (Wildman–Crippen LogP) is 3.96. The van der Waals surface area contributed by atoms with Gasteiger partial charge in [-0.2, -0.15) is 0 Å². The van der Waals surface area contributed by atoms with Gasteiger partial charge in [0.1, 0.15) is 0 Å². The number of aryl methyl sites for hydroxylation is 2. The molecule has 19 heavy (non-hydrogen) atoms. The molecule has 1 aromatic carbocycles. The van der Waals surface area contributed by atoms with Gasteiger partial charge in [-0.15, -0.1) is 0 Å². The van der Waals surface area contributed by atoms with Crippen molar-refractivity contribution in [3.63, 3.8) is 0 Å². The lowest BCUT2D eigenvalue weighted by atomic mass is 9.95. The Morgan fingerprint density at radius 3 is 2.68 bits per heavy atom. The number of fused-ring (bicyclic) bond motifs is 1. The van der Waals surface area contributed by atoms with Crippen LogP contribution in [0.3, 0.4) is 0 Å². The van der Waals surface area contributed by atoms with Crippen molar-refractivity contribution in [1.29, 1.82) is 0 Å². The summed E-state index contributed by atoms with van der Waals surface area (Å²) < 4.78 is 0. The quantitative estimate of drug-likeness (QED) is 0.623. The van der Waals surface area contributed by atoms with Gasteiger partial charge < -0.3 is 0 Å². The first-order chi connectivity index (χ1) is 9.33. The maximum absolute atomic E-state index is 4.74. The highest BCUT2D eigenvalue weighted by molar-refractivity contribution is 7.98. The molecule has 0 bridgehead atoms. The molecule has 0 unspecified atom stereocenters. The highest BCUT2D eigenvalue weighted by Gasteiger charge is 2.15. The zero-order valence-electron chi connectivity index (χ0n) is 11.2. The molecule has 3 heteroatoms. The molecule has 2 nitrogen and oxygen atoms in total. The van der Waals surface area contributed by atoms with E-state index in [1.165, 1.54) is 35.4 Å². The van der Waals surface area contributed by atoms with E-state index in [0.29, 0.717) is 0 Å². The Labute approximate surface area is 118 Å². The Balaban J connectivity index is 1.76. The number of thioether (sulfide) groups is 1. The molecular weight excluding hydrogens is 252 g/mol. The van der Waals surface area contributed by atoms with Crippen LogP contribution in [-0.2, 0) is 18.6 Å². The van der Waals surface area contributed by atoms with Gasteiger partial charge in [-0.25, -0.2) is 9.97 Å². The fourth-order valence-corrected chi connectivity index (χ4v) is 3.41. The van der Waals surface area contributed by atoms with Crippen LogP contribution in [-0.4, -0.2) is 9.97 Å². The molecule has 0 amide bonds. The molecule has 0 N–H and O–H groups in total. The Morgan fingerprint density at radius 1 is 1.05 bits per heavy atom. The lowest BCUT2D eigenvalue weighted by molar-refractivity contribution is 0.642. The van der Waals surface area contributed by atoms with Crippen molar-refractivity contribution >= 4 is 11.8 Å². The monoisotopic (exact) mass is 270 g/mol. The van der Waals surface area contributed by atoms with Crippen LogP contribution in [0.25, 0.3) is 0 Å². The molecule has 98 valence electrons. The number of aromatic nitrogens is 2. The molecule has 0 fully saturated rings. The van der Waals surface area contributed by atoms with Gasteiger partial charge in [-0.1, -0.05) is 42.1 Å². The molecule has 3 rings (SSSR count). The van der Waals surface area contributed by atoms with E-state index >= 15 is 0 Å². The summed E-state index contributed by atoms with van der Waals surface area (Å²) in [5, 5.41) is 0.932.